The van der Waals surface area contributed by atoms with E-state index in [0.717, 1.165) is 5.57 Å². The lowest BCUT2D eigenvalue weighted by atomic mass is 10.6. The van der Waals surface area contributed by atoms with Crippen LogP contribution in [-0.4, -0.2) is 0 Å². The molecule has 0 bridgehead atoms. The van der Waals surface area contributed by atoms with E-state index in [1.54, 1.807) is 0 Å². The molecule has 0 heterocycles. The van der Waals surface area contributed by atoms with Crippen molar-refractivity contribution in [1.82, 2.24) is 0 Å². The molecule has 0 radical (unpaired) electrons. The molecule has 0 aromatic carbocycles. The summed E-state index contributed by atoms with van der Waals surface area (Å²) in [4.78, 5) is 0. The zero-order valence-corrected chi connectivity index (χ0v) is 2.86. The van der Waals surface area contributed by atoms with Crippen molar-refractivity contribution >= 4 is 0 Å². The molecule has 0 aromatic heterocycles. The minimum Gasteiger partial charge on any atom is -0.121 e. The second-order valence-corrected chi connectivity index (χ2v) is 0.965. The fourth-order valence-electron chi connectivity index (χ4n) is 0.160. The Morgan fingerprint density at radius 3 is 2.20 bits per heavy atom. The lowest BCUT2D eigenvalue weighted by Gasteiger charge is -1.45. The molecule has 24 valence electrons. The van der Waals surface area contributed by atoms with Crippen molar-refractivity contribution < 1.29 is 0 Å². The van der Waals surface area contributed by atoms with Gasteiger partial charge >= 0.3 is 0 Å². The first-order chi connectivity index (χ1) is 2.43. The van der Waals surface area contributed by atoms with Crippen LogP contribution in [0.5, 0.6) is 0 Å². The van der Waals surface area contributed by atoms with Crippen molar-refractivity contribution in [2.45, 2.75) is 0 Å². The van der Waals surface area contributed by atoms with Crippen LogP contribution >= 0.6 is 0 Å². The van der Waals surface area contributed by atoms with Crippen LogP contribution in [0.1, 0.15) is 0 Å². The average Bonchev–Trinajstić information content (AvgIpc) is 2.12. The first-order valence-corrected chi connectivity index (χ1v) is 1.51. The van der Waals surface area contributed by atoms with Crippen LogP contribution in [0.2, 0.25) is 0 Å². The summed E-state index contributed by atoms with van der Waals surface area (Å²) in [7, 11) is 0. The summed E-state index contributed by atoms with van der Waals surface area (Å²) in [5.41, 5.74) is 3.84. The van der Waals surface area contributed by atoms with Crippen LogP contribution in [0.3, 0.4) is 0 Å². The third-order valence-corrected chi connectivity index (χ3v) is 0.537. The van der Waals surface area contributed by atoms with Crippen molar-refractivity contribution in [3.63, 3.8) is 0 Å². The highest BCUT2D eigenvalue weighted by Gasteiger charge is 1.91. The Kier molecular flexibility index (Phi) is 0.300. The molecule has 0 nitrogen and oxygen atoms in total. The molecule has 0 spiro atoms. The van der Waals surface area contributed by atoms with Gasteiger partial charge < -0.3 is 0 Å². The molecule has 5 heavy (non-hydrogen) atoms. The standard InChI is InChI=1S/C5H4/c1-2-5-3-4-5/h3-4H,1H2. The van der Waals surface area contributed by atoms with Crippen LogP contribution in [-0.2, 0) is 0 Å². The van der Waals surface area contributed by atoms with Crippen LogP contribution in [0, 0.1) is 0 Å². The van der Waals surface area contributed by atoms with Gasteiger partial charge in [-0.1, -0.05) is 6.58 Å². The summed E-state index contributed by atoms with van der Waals surface area (Å²) in [5, 5.41) is 0. The highest BCUT2D eigenvalue weighted by Crippen LogP contribution is 2.09. The quantitative estimate of drug-likeness (QED) is 0.372. The smallest absolute Gasteiger partial charge is 0.0159 e. The Morgan fingerprint density at radius 2 is 2.20 bits per heavy atom. The van der Waals surface area contributed by atoms with Crippen LogP contribution in [0.4, 0.5) is 0 Å². The van der Waals surface area contributed by atoms with Gasteiger partial charge in [0.25, 0.3) is 0 Å². The maximum absolute atomic E-state index is 3.40. The summed E-state index contributed by atoms with van der Waals surface area (Å²) in [6, 6.07) is 0. The minimum absolute atomic E-state index is 1.14. The van der Waals surface area contributed by atoms with Crippen LogP contribution in [0.25, 0.3) is 0 Å². The van der Waals surface area contributed by atoms with Gasteiger partial charge in [0.15, 0.2) is 0 Å². The fraction of sp³-hybridized carbons (Fsp3) is 0. The van der Waals surface area contributed by atoms with Crippen molar-refractivity contribution in [2.24, 2.45) is 0 Å². The van der Waals surface area contributed by atoms with E-state index in [4.69, 9.17) is 0 Å². The molecule has 0 saturated carbocycles. The Morgan fingerprint density at radius 1 is 1.60 bits per heavy atom. The van der Waals surface area contributed by atoms with Crippen molar-refractivity contribution in [2.75, 3.05) is 0 Å². The Balaban J connectivity index is 2.90. The molecular weight excluding hydrogens is 60.1 g/mol. The molecule has 1 rings (SSSR count). The van der Waals surface area contributed by atoms with Crippen molar-refractivity contribution in [1.29, 1.82) is 0 Å². The van der Waals surface area contributed by atoms with Gasteiger partial charge in [0.05, 0.1) is 0 Å². The maximum atomic E-state index is 3.40. The molecular formula is C5H4. The molecule has 0 unspecified atom stereocenters. The molecule has 0 aliphatic heterocycles. The molecule has 1 aliphatic rings. The largest absolute Gasteiger partial charge is 0.121 e. The van der Waals surface area contributed by atoms with E-state index >= 15 is 0 Å². The molecule has 0 heteroatoms. The van der Waals surface area contributed by atoms with E-state index in [1.165, 1.54) is 0 Å². The van der Waals surface area contributed by atoms with E-state index in [2.05, 4.69) is 12.3 Å². The Bertz CT molecular complexity index is 104. The summed E-state index contributed by atoms with van der Waals surface area (Å²) >= 11 is 0. The Labute approximate surface area is 31.1 Å². The summed E-state index contributed by atoms with van der Waals surface area (Å²) in [5.74, 6) is 0. The van der Waals surface area contributed by atoms with Gasteiger partial charge in [-0.25, -0.2) is 0 Å². The zero-order valence-electron chi connectivity index (χ0n) is 2.86. The first kappa shape index (κ1) is 2.49. The number of hydrogen-bond donors (Lipinski definition) is 0. The summed E-state index contributed by atoms with van der Waals surface area (Å²) < 4.78 is 0. The van der Waals surface area contributed by atoms with Gasteiger partial charge in [-0.05, 0) is 12.2 Å². The average molecular weight is 64.1 g/mol. The minimum atomic E-state index is 1.14. The number of rotatable bonds is 0. The van der Waals surface area contributed by atoms with Gasteiger partial charge in [-0.2, -0.15) is 0 Å². The van der Waals surface area contributed by atoms with E-state index < -0.39 is 0 Å². The van der Waals surface area contributed by atoms with Crippen molar-refractivity contribution in [3.8, 4) is 0 Å². The lowest BCUT2D eigenvalue weighted by molar-refractivity contribution is 2.10. The summed E-state index contributed by atoms with van der Waals surface area (Å²) in [6.07, 6.45) is 3.93. The monoisotopic (exact) mass is 64.0 g/mol. The van der Waals surface area contributed by atoms with Crippen LogP contribution < -0.4 is 0 Å². The van der Waals surface area contributed by atoms with Gasteiger partial charge in [0.1, 0.15) is 0 Å². The van der Waals surface area contributed by atoms with E-state index in [0.29, 0.717) is 0 Å². The maximum Gasteiger partial charge on any atom is 0.0159 e. The lowest BCUT2D eigenvalue weighted by Crippen LogP contribution is -1.26. The molecule has 0 saturated heterocycles. The summed E-state index contributed by atoms with van der Waals surface area (Å²) in [6.45, 7) is 3.40. The third kappa shape index (κ3) is 0.285. The molecule has 0 fully saturated rings. The SMILES string of the molecule is C=C=C1C=C1. The van der Waals surface area contributed by atoms with Crippen LogP contribution in [0.15, 0.2) is 30.0 Å². The molecule has 0 amide bonds. The molecule has 0 N–H and O–H groups in total. The highest BCUT2D eigenvalue weighted by atomic mass is 13.9. The second-order valence-electron chi connectivity index (χ2n) is 0.965. The predicted molar refractivity (Wildman–Crippen MR) is 21.8 cm³/mol. The molecule has 0 atom stereocenters. The second kappa shape index (κ2) is 0.602. The number of allylic oxidation sites excluding steroid dienone is 3. The zero-order chi connectivity index (χ0) is 3.70. The van der Waals surface area contributed by atoms with E-state index in [-0.39, 0.29) is 0 Å². The van der Waals surface area contributed by atoms with Gasteiger partial charge in [-0.3, -0.25) is 0 Å². The van der Waals surface area contributed by atoms with Crippen molar-refractivity contribution in [3.05, 3.63) is 30.0 Å². The molecule has 1 aliphatic carbocycles. The normalized spacial score (nSPS) is 14.8. The highest BCUT2D eigenvalue weighted by molar-refractivity contribution is 5.45. The van der Waals surface area contributed by atoms with E-state index in [9.17, 15) is 0 Å². The van der Waals surface area contributed by atoms with E-state index in [1.807, 2.05) is 12.2 Å². The number of hydrogen-bond acceptors (Lipinski definition) is 0. The topological polar surface area (TPSA) is 0 Å². The Hall–Kier alpha value is -0.740. The van der Waals surface area contributed by atoms with Gasteiger partial charge in [0.2, 0.25) is 0 Å². The van der Waals surface area contributed by atoms with Gasteiger partial charge in [0, 0.05) is 5.57 Å². The first-order valence-electron chi connectivity index (χ1n) is 1.51. The third-order valence-electron chi connectivity index (χ3n) is 0.537. The molecule has 0 aromatic rings. The predicted octanol–water partition coefficient (Wildman–Crippen LogP) is 1.27. The van der Waals surface area contributed by atoms with Gasteiger partial charge in [-0.15, -0.1) is 5.73 Å². The fourth-order valence-corrected chi connectivity index (χ4v) is 0.160.